The summed E-state index contributed by atoms with van der Waals surface area (Å²) in [6, 6.07) is 14.4. The molecule has 13 heteroatoms. The Morgan fingerprint density at radius 3 is 2.46 bits per heavy atom. The molecule has 0 saturated carbocycles. The Kier molecular flexibility index (Phi) is 9.60. The maximum atomic E-state index is 13.5. The third-order valence-corrected chi connectivity index (χ3v) is 7.23. The van der Waals surface area contributed by atoms with Crippen LogP contribution in [0.2, 0.25) is 5.02 Å². The molecule has 0 unspecified atom stereocenters. The number of hydrazone groups is 1. The van der Waals surface area contributed by atoms with Gasteiger partial charge < -0.3 is 9.47 Å². The Labute approximate surface area is 228 Å². The van der Waals surface area contributed by atoms with E-state index in [-0.39, 0.29) is 11.5 Å². The number of methoxy groups -OCH3 is 1. The number of amides is 1. The number of nitrogens with zero attached hydrogens (tertiary/aromatic N) is 2. The summed E-state index contributed by atoms with van der Waals surface area (Å²) in [7, 11) is -3.00. The number of carbonyl (C=O) groups is 1. The molecular weight excluding hydrogens is 559 g/mol. The lowest BCUT2D eigenvalue weighted by atomic mass is 10.2. The minimum Gasteiger partial charge on any atom is -0.493 e. The second kappa shape index (κ2) is 12.7. The van der Waals surface area contributed by atoms with Crippen molar-refractivity contribution in [1.82, 2.24) is 5.43 Å². The molecule has 0 aromatic heterocycles. The molecule has 0 fully saturated rings. The van der Waals surface area contributed by atoms with Gasteiger partial charge in [-0.1, -0.05) is 42.5 Å². The first-order chi connectivity index (χ1) is 18.5. The first-order valence-corrected chi connectivity index (χ1v) is 13.0. The van der Waals surface area contributed by atoms with Crippen molar-refractivity contribution in [3.63, 3.8) is 0 Å². The van der Waals surface area contributed by atoms with E-state index in [1.165, 1.54) is 37.6 Å². The van der Waals surface area contributed by atoms with Gasteiger partial charge in [-0.2, -0.15) is 18.3 Å². The molecule has 3 aromatic rings. The molecule has 0 radical (unpaired) electrons. The summed E-state index contributed by atoms with van der Waals surface area (Å²) in [6.07, 6.45) is -2.01. The zero-order valence-electron chi connectivity index (χ0n) is 20.5. The van der Waals surface area contributed by atoms with E-state index >= 15 is 0 Å². The molecule has 0 saturated heterocycles. The molecule has 0 aliphatic rings. The number of rotatable bonds is 11. The lowest BCUT2D eigenvalue weighted by Crippen LogP contribution is -2.39. The maximum absolute atomic E-state index is 13.5. The smallest absolute Gasteiger partial charge is 0.417 e. The number of halogens is 4. The second-order valence-electron chi connectivity index (χ2n) is 7.79. The summed E-state index contributed by atoms with van der Waals surface area (Å²) < 4.78 is 78.4. The van der Waals surface area contributed by atoms with E-state index < -0.39 is 44.9 Å². The maximum Gasteiger partial charge on any atom is 0.417 e. The quantitative estimate of drug-likeness (QED) is 0.189. The fraction of sp³-hybridized carbons (Fsp3) is 0.154. The molecule has 1 N–H and O–H groups in total. The van der Waals surface area contributed by atoms with Crippen LogP contribution in [0.1, 0.15) is 11.1 Å². The van der Waals surface area contributed by atoms with E-state index in [4.69, 9.17) is 21.1 Å². The summed E-state index contributed by atoms with van der Waals surface area (Å²) >= 11 is 5.70. The minimum absolute atomic E-state index is 0.226. The molecule has 0 heterocycles. The summed E-state index contributed by atoms with van der Waals surface area (Å²) in [6.45, 7) is 2.97. The van der Waals surface area contributed by atoms with E-state index in [2.05, 4.69) is 17.1 Å². The van der Waals surface area contributed by atoms with Crippen LogP contribution < -0.4 is 19.2 Å². The molecule has 0 aliphatic heterocycles. The van der Waals surface area contributed by atoms with E-state index in [1.54, 1.807) is 30.3 Å². The molecule has 0 bridgehead atoms. The van der Waals surface area contributed by atoms with Gasteiger partial charge in [0.1, 0.15) is 13.2 Å². The van der Waals surface area contributed by atoms with Crippen LogP contribution in [0.3, 0.4) is 0 Å². The molecule has 8 nitrogen and oxygen atoms in total. The predicted molar refractivity (Wildman–Crippen MR) is 142 cm³/mol. The van der Waals surface area contributed by atoms with E-state index in [1.807, 2.05) is 0 Å². The largest absolute Gasteiger partial charge is 0.493 e. The third kappa shape index (κ3) is 7.52. The van der Waals surface area contributed by atoms with E-state index in [9.17, 15) is 26.4 Å². The van der Waals surface area contributed by atoms with Gasteiger partial charge in [0.15, 0.2) is 11.5 Å². The molecule has 3 aromatic carbocycles. The normalized spacial score (nSPS) is 11.7. The van der Waals surface area contributed by atoms with Crippen molar-refractivity contribution >= 4 is 39.4 Å². The molecule has 0 spiro atoms. The standard InChI is InChI=1S/C26H23ClF3N3O5S/c1-3-13-38-23-12-9-18(14-24(23)37-2)16-31-32-25(34)17-33(39(35,36)20-7-5-4-6-8-20)19-10-11-22(27)21(15-19)26(28,29)30/h3-12,14-16H,1,13,17H2,2H3,(H,32,34)/b31-16-. The summed E-state index contributed by atoms with van der Waals surface area (Å²) in [5, 5.41) is 3.20. The Morgan fingerprint density at radius 2 is 1.82 bits per heavy atom. The highest BCUT2D eigenvalue weighted by molar-refractivity contribution is 7.92. The number of carbonyl (C=O) groups excluding carboxylic acids is 1. The van der Waals surface area contributed by atoms with Crippen LogP contribution in [0.4, 0.5) is 18.9 Å². The summed E-state index contributed by atoms with van der Waals surface area (Å²) in [5.41, 5.74) is 1.05. The summed E-state index contributed by atoms with van der Waals surface area (Å²) in [5.74, 6) is -0.0517. The van der Waals surface area contributed by atoms with Gasteiger partial charge in [0.25, 0.3) is 15.9 Å². The fourth-order valence-corrected chi connectivity index (χ4v) is 4.96. The van der Waals surface area contributed by atoms with E-state index in [0.29, 0.717) is 27.4 Å². The zero-order valence-corrected chi connectivity index (χ0v) is 22.1. The highest BCUT2D eigenvalue weighted by Crippen LogP contribution is 2.38. The van der Waals surface area contributed by atoms with Crippen molar-refractivity contribution in [1.29, 1.82) is 0 Å². The van der Waals surface area contributed by atoms with Gasteiger partial charge in [-0.3, -0.25) is 9.10 Å². The fourth-order valence-electron chi connectivity index (χ4n) is 3.30. The Bertz CT molecular complexity index is 1470. The number of nitrogens with one attached hydrogen (secondary N) is 1. The van der Waals surface area contributed by atoms with Gasteiger partial charge in [0.2, 0.25) is 0 Å². The van der Waals surface area contributed by atoms with Gasteiger partial charge >= 0.3 is 6.18 Å². The van der Waals surface area contributed by atoms with Gasteiger partial charge in [0, 0.05) is 0 Å². The number of hydrogen-bond donors (Lipinski definition) is 1. The molecule has 1 amide bonds. The first-order valence-electron chi connectivity index (χ1n) is 11.2. The molecular formula is C26H23ClF3N3O5S. The first kappa shape index (κ1) is 29.5. The van der Waals surface area contributed by atoms with Crippen LogP contribution in [0.5, 0.6) is 11.5 Å². The van der Waals surface area contributed by atoms with Crippen molar-refractivity contribution in [2.75, 3.05) is 24.6 Å². The Morgan fingerprint density at radius 1 is 1.10 bits per heavy atom. The summed E-state index contributed by atoms with van der Waals surface area (Å²) in [4.78, 5) is 12.5. The highest BCUT2D eigenvalue weighted by Gasteiger charge is 2.35. The average Bonchev–Trinajstić information content (AvgIpc) is 2.91. The van der Waals surface area contributed by atoms with Gasteiger partial charge in [0.05, 0.1) is 34.5 Å². The topological polar surface area (TPSA) is 97.3 Å². The van der Waals surface area contributed by atoms with Crippen molar-refractivity contribution in [3.8, 4) is 11.5 Å². The zero-order chi connectivity index (χ0) is 28.6. The van der Waals surface area contributed by atoms with Gasteiger partial charge in [-0.25, -0.2) is 13.8 Å². The van der Waals surface area contributed by atoms with Crippen LogP contribution >= 0.6 is 11.6 Å². The molecule has 0 atom stereocenters. The molecule has 0 aliphatic carbocycles. The minimum atomic E-state index is -4.85. The second-order valence-corrected chi connectivity index (χ2v) is 10.1. The lowest BCUT2D eigenvalue weighted by molar-refractivity contribution is -0.137. The van der Waals surface area contributed by atoms with Crippen molar-refractivity contribution < 1.29 is 35.9 Å². The molecule has 39 heavy (non-hydrogen) atoms. The van der Waals surface area contributed by atoms with Gasteiger partial charge in [-0.05, 0) is 54.1 Å². The van der Waals surface area contributed by atoms with Gasteiger partial charge in [-0.15, -0.1) is 0 Å². The van der Waals surface area contributed by atoms with Crippen molar-refractivity contribution in [2.45, 2.75) is 11.1 Å². The SMILES string of the molecule is C=CCOc1ccc(/C=N\NC(=O)CN(c2ccc(Cl)c(C(F)(F)F)c2)S(=O)(=O)c2ccccc2)cc1OC. The third-order valence-electron chi connectivity index (χ3n) is 5.11. The van der Waals surface area contributed by atoms with Crippen LogP contribution in [0.25, 0.3) is 0 Å². The van der Waals surface area contributed by atoms with Crippen LogP contribution in [0, 0.1) is 0 Å². The lowest BCUT2D eigenvalue weighted by Gasteiger charge is -2.24. The molecule has 206 valence electrons. The average molecular weight is 582 g/mol. The predicted octanol–water partition coefficient (Wildman–Crippen LogP) is 5.28. The number of ether oxygens (including phenoxy) is 2. The van der Waals surface area contributed by atoms with Crippen LogP contribution in [-0.4, -0.2) is 40.8 Å². The van der Waals surface area contributed by atoms with E-state index in [0.717, 1.165) is 12.1 Å². The highest BCUT2D eigenvalue weighted by atomic mass is 35.5. The van der Waals surface area contributed by atoms with Crippen LogP contribution in [0.15, 0.2) is 89.4 Å². The Balaban J connectivity index is 1.87. The number of alkyl halides is 3. The molecule has 3 rings (SSSR count). The number of sulfonamides is 1. The number of hydrogen-bond acceptors (Lipinski definition) is 6. The number of anilines is 1. The monoisotopic (exact) mass is 581 g/mol. The van der Waals surface area contributed by atoms with Crippen molar-refractivity contribution in [3.05, 3.63) is 95.5 Å². The Hall–Kier alpha value is -4.03. The van der Waals surface area contributed by atoms with Crippen LogP contribution in [-0.2, 0) is 21.0 Å². The van der Waals surface area contributed by atoms with Crippen molar-refractivity contribution in [2.24, 2.45) is 5.10 Å². The number of benzene rings is 3.